The standard InChI is InChI=1S/C19H16ClN5S/c1-12(2)25-10-8-14(24-25)13-5-3-7-17(18(13)20)26-19-22-11-16-15(23-19)6-4-9-21-16/h3-12H,1-2H3. The number of rotatable bonds is 4. The average Bonchev–Trinajstić information content (AvgIpc) is 3.14. The van der Waals surface area contributed by atoms with E-state index in [0.29, 0.717) is 16.2 Å². The van der Waals surface area contributed by atoms with Gasteiger partial charge in [-0.1, -0.05) is 23.7 Å². The number of benzene rings is 1. The second-order valence-electron chi connectivity index (χ2n) is 6.05. The molecule has 0 saturated heterocycles. The minimum Gasteiger partial charge on any atom is -0.270 e. The van der Waals surface area contributed by atoms with E-state index < -0.39 is 0 Å². The van der Waals surface area contributed by atoms with Crippen molar-refractivity contribution in [3.63, 3.8) is 0 Å². The van der Waals surface area contributed by atoms with Crippen LogP contribution in [0.5, 0.6) is 0 Å². The summed E-state index contributed by atoms with van der Waals surface area (Å²) in [5.74, 6) is 0. The van der Waals surface area contributed by atoms with Crippen LogP contribution >= 0.6 is 23.4 Å². The Bertz CT molecular complexity index is 1080. The molecule has 5 nitrogen and oxygen atoms in total. The summed E-state index contributed by atoms with van der Waals surface area (Å²) in [6.07, 6.45) is 5.43. The molecule has 0 amide bonds. The molecule has 0 spiro atoms. The van der Waals surface area contributed by atoms with E-state index in [1.54, 1.807) is 12.4 Å². The van der Waals surface area contributed by atoms with Gasteiger partial charge in [0, 0.05) is 28.9 Å². The number of fused-ring (bicyclic) bond motifs is 1. The van der Waals surface area contributed by atoms with Gasteiger partial charge in [0.1, 0.15) is 5.52 Å². The normalized spacial score (nSPS) is 11.4. The SMILES string of the molecule is CC(C)n1ccc(-c2cccc(Sc3ncc4ncccc4n3)c2Cl)n1. The van der Waals surface area contributed by atoms with Crippen LogP contribution in [0.4, 0.5) is 0 Å². The number of pyridine rings is 1. The molecule has 0 aliphatic carbocycles. The minimum atomic E-state index is 0.305. The van der Waals surface area contributed by atoms with Gasteiger partial charge >= 0.3 is 0 Å². The quantitative estimate of drug-likeness (QED) is 0.450. The van der Waals surface area contributed by atoms with Crippen molar-refractivity contribution in [1.29, 1.82) is 0 Å². The van der Waals surface area contributed by atoms with Gasteiger partial charge in [0.25, 0.3) is 0 Å². The van der Waals surface area contributed by atoms with Crippen molar-refractivity contribution in [2.45, 2.75) is 29.9 Å². The maximum atomic E-state index is 6.66. The van der Waals surface area contributed by atoms with E-state index in [1.165, 1.54) is 11.8 Å². The van der Waals surface area contributed by atoms with Crippen molar-refractivity contribution >= 4 is 34.4 Å². The Morgan fingerprint density at radius 3 is 2.73 bits per heavy atom. The Balaban J connectivity index is 1.68. The highest BCUT2D eigenvalue weighted by Crippen LogP contribution is 2.37. The Morgan fingerprint density at radius 1 is 1.04 bits per heavy atom. The van der Waals surface area contributed by atoms with Gasteiger partial charge in [0.2, 0.25) is 0 Å². The summed E-state index contributed by atoms with van der Waals surface area (Å²) in [4.78, 5) is 14.1. The summed E-state index contributed by atoms with van der Waals surface area (Å²) in [5, 5.41) is 5.90. The Labute approximate surface area is 160 Å². The van der Waals surface area contributed by atoms with Gasteiger partial charge in [0.15, 0.2) is 5.16 Å². The molecule has 0 atom stereocenters. The summed E-state index contributed by atoms with van der Waals surface area (Å²) in [7, 11) is 0. The summed E-state index contributed by atoms with van der Waals surface area (Å²) in [6.45, 7) is 4.19. The van der Waals surface area contributed by atoms with Gasteiger partial charge in [-0.15, -0.1) is 0 Å². The number of nitrogens with zero attached hydrogens (tertiary/aromatic N) is 5. The number of hydrogen-bond acceptors (Lipinski definition) is 5. The van der Waals surface area contributed by atoms with Crippen molar-refractivity contribution < 1.29 is 0 Å². The molecule has 0 unspecified atom stereocenters. The summed E-state index contributed by atoms with van der Waals surface area (Å²) in [6, 6.07) is 12.0. The lowest BCUT2D eigenvalue weighted by Gasteiger charge is -2.08. The molecule has 1 aromatic carbocycles. The van der Waals surface area contributed by atoms with Gasteiger partial charge < -0.3 is 0 Å². The second-order valence-corrected chi connectivity index (χ2v) is 7.44. The van der Waals surface area contributed by atoms with E-state index in [-0.39, 0.29) is 0 Å². The van der Waals surface area contributed by atoms with E-state index in [4.69, 9.17) is 11.6 Å². The fraction of sp³-hybridized carbons (Fsp3) is 0.158. The minimum absolute atomic E-state index is 0.305. The molecule has 0 N–H and O–H groups in total. The summed E-state index contributed by atoms with van der Waals surface area (Å²) < 4.78 is 1.92. The molecule has 4 rings (SSSR count). The molecular formula is C19H16ClN5S. The van der Waals surface area contributed by atoms with Crippen LogP contribution in [0.3, 0.4) is 0 Å². The van der Waals surface area contributed by atoms with E-state index in [1.807, 2.05) is 47.3 Å². The van der Waals surface area contributed by atoms with E-state index in [0.717, 1.165) is 27.2 Å². The zero-order chi connectivity index (χ0) is 18.1. The molecule has 0 bridgehead atoms. The fourth-order valence-electron chi connectivity index (χ4n) is 2.56. The third kappa shape index (κ3) is 3.30. The lowest BCUT2D eigenvalue weighted by molar-refractivity contribution is 0.534. The van der Waals surface area contributed by atoms with Crippen molar-refractivity contribution in [1.82, 2.24) is 24.7 Å². The van der Waals surface area contributed by atoms with Gasteiger partial charge in [-0.2, -0.15) is 5.10 Å². The van der Waals surface area contributed by atoms with Crippen LogP contribution < -0.4 is 0 Å². The first-order valence-corrected chi connectivity index (χ1v) is 9.41. The topological polar surface area (TPSA) is 56.5 Å². The fourth-order valence-corrected chi connectivity index (χ4v) is 3.69. The highest BCUT2D eigenvalue weighted by Gasteiger charge is 2.13. The Morgan fingerprint density at radius 2 is 1.92 bits per heavy atom. The van der Waals surface area contributed by atoms with Crippen LogP contribution in [0.15, 0.2) is 65.0 Å². The highest BCUT2D eigenvalue weighted by molar-refractivity contribution is 7.99. The first-order valence-electron chi connectivity index (χ1n) is 8.21. The van der Waals surface area contributed by atoms with E-state index >= 15 is 0 Å². The van der Waals surface area contributed by atoms with Gasteiger partial charge in [-0.3, -0.25) is 9.67 Å². The van der Waals surface area contributed by atoms with Crippen molar-refractivity contribution in [3.05, 3.63) is 60.0 Å². The van der Waals surface area contributed by atoms with Crippen LogP contribution in [0.2, 0.25) is 5.02 Å². The Kier molecular flexibility index (Phi) is 4.61. The summed E-state index contributed by atoms with van der Waals surface area (Å²) in [5.41, 5.74) is 3.34. The number of halogens is 1. The Hall–Kier alpha value is -2.44. The van der Waals surface area contributed by atoms with E-state index in [2.05, 4.69) is 33.9 Å². The third-order valence-corrected chi connectivity index (χ3v) is 5.37. The molecule has 3 aromatic heterocycles. The molecule has 4 aromatic rings. The average molecular weight is 382 g/mol. The molecule has 0 aliphatic rings. The first-order chi connectivity index (χ1) is 12.6. The molecule has 26 heavy (non-hydrogen) atoms. The summed E-state index contributed by atoms with van der Waals surface area (Å²) >= 11 is 8.10. The van der Waals surface area contributed by atoms with Crippen LogP contribution in [-0.2, 0) is 0 Å². The van der Waals surface area contributed by atoms with Crippen molar-refractivity contribution in [2.24, 2.45) is 0 Å². The highest BCUT2D eigenvalue weighted by atomic mass is 35.5. The first kappa shape index (κ1) is 17.0. The second kappa shape index (κ2) is 7.05. The third-order valence-electron chi connectivity index (χ3n) is 3.91. The zero-order valence-electron chi connectivity index (χ0n) is 14.3. The number of aromatic nitrogens is 5. The lowest BCUT2D eigenvalue weighted by Crippen LogP contribution is -2.00. The lowest BCUT2D eigenvalue weighted by atomic mass is 10.1. The molecule has 0 aliphatic heterocycles. The van der Waals surface area contributed by atoms with Gasteiger partial charge in [-0.05, 0) is 49.9 Å². The van der Waals surface area contributed by atoms with Crippen molar-refractivity contribution in [3.8, 4) is 11.3 Å². The number of hydrogen-bond donors (Lipinski definition) is 0. The van der Waals surface area contributed by atoms with Crippen LogP contribution in [0.25, 0.3) is 22.3 Å². The zero-order valence-corrected chi connectivity index (χ0v) is 15.9. The van der Waals surface area contributed by atoms with Crippen LogP contribution in [0.1, 0.15) is 19.9 Å². The monoisotopic (exact) mass is 381 g/mol. The van der Waals surface area contributed by atoms with Gasteiger partial charge in [0.05, 0.1) is 22.4 Å². The largest absolute Gasteiger partial charge is 0.270 e. The predicted octanol–water partition coefficient (Wildman–Crippen LogP) is 5.27. The molecule has 7 heteroatoms. The molecular weight excluding hydrogens is 366 g/mol. The smallest absolute Gasteiger partial charge is 0.193 e. The van der Waals surface area contributed by atoms with E-state index in [9.17, 15) is 0 Å². The molecule has 0 radical (unpaired) electrons. The maximum Gasteiger partial charge on any atom is 0.193 e. The van der Waals surface area contributed by atoms with Crippen LogP contribution in [0, 0.1) is 0 Å². The molecule has 3 heterocycles. The molecule has 0 saturated carbocycles. The van der Waals surface area contributed by atoms with Gasteiger partial charge in [-0.25, -0.2) is 9.97 Å². The van der Waals surface area contributed by atoms with Crippen molar-refractivity contribution in [2.75, 3.05) is 0 Å². The van der Waals surface area contributed by atoms with Crippen LogP contribution in [-0.4, -0.2) is 24.7 Å². The predicted molar refractivity (Wildman–Crippen MR) is 105 cm³/mol. The maximum absolute atomic E-state index is 6.66. The molecule has 130 valence electrons. The molecule has 0 fully saturated rings.